The molecule has 2 aromatic rings. The first-order valence-electron chi connectivity index (χ1n) is 13.4. The Balaban J connectivity index is 1.57. The van der Waals surface area contributed by atoms with Crippen LogP contribution in [0.15, 0.2) is 42.0 Å². The summed E-state index contributed by atoms with van der Waals surface area (Å²) in [6, 6.07) is 7.67. The van der Waals surface area contributed by atoms with Gasteiger partial charge in [-0.25, -0.2) is 4.90 Å². The monoisotopic (exact) mass is 710 g/mol. The number of imide groups is 2. The number of fused-ring (bicyclic) bond motifs is 4. The predicted octanol–water partition coefficient (Wildman–Crippen LogP) is 5.29. The van der Waals surface area contributed by atoms with Crippen LogP contribution >= 0.6 is 50.7 Å². The minimum atomic E-state index is -2.05. The fourth-order valence-corrected chi connectivity index (χ4v) is 8.84. The molecule has 3 fully saturated rings. The molecular weight excluding hydrogens is 687 g/mol. The second-order valence-corrected chi connectivity index (χ2v) is 13.3. The lowest BCUT2D eigenvalue weighted by atomic mass is 9.56. The van der Waals surface area contributed by atoms with Crippen LogP contribution < -0.4 is 14.4 Å². The highest BCUT2D eigenvalue weighted by molar-refractivity contribution is 9.09. The number of carbonyl (C=O) groups is 4. The molecule has 0 unspecified atom stereocenters. The molecule has 1 saturated carbocycles. The summed E-state index contributed by atoms with van der Waals surface area (Å²) in [4.78, 5) is 53.9. The van der Waals surface area contributed by atoms with E-state index in [-0.39, 0.29) is 47.0 Å². The Morgan fingerprint density at radius 2 is 1.65 bits per heavy atom. The Hall–Kier alpha value is -2.79. The Morgan fingerprint density at radius 1 is 1.00 bits per heavy atom. The van der Waals surface area contributed by atoms with Gasteiger partial charge in [-0.15, -0.1) is 23.2 Å². The first-order valence-corrected chi connectivity index (χ1v) is 15.7. The van der Waals surface area contributed by atoms with Crippen molar-refractivity contribution >= 4 is 80.0 Å². The number of hydrogen-bond donors (Lipinski definition) is 1. The van der Waals surface area contributed by atoms with Crippen molar-refractivity contribution in [2.24, 2.45) is 17.8 Å². The summed E-state index contributed by atoms with van der Waals surface area (Å²) in [7, 11) is 2.77. The van der Waals surface area contributed by atoms with Crippen molar-refractivity contribution in [1.82, 2.24) is 4.90 Å². The largest absolute Gasteiger partial charge is 0.508 e. The minimum absolute atomic E-state index is 0.145. The molecule has 2 aromatic carbocycles. The van der Waals surface area contributed by atoms with Gasteiger partial charge in [0, 0.05) is 28.6 Å². The first kappa shape index (κ1) is 30.2. The summed E-state index contributed by atoms with van der Waals surface area (Å²) >= 11 is 24.2. The molecule has 226 valence electrons. The maximum Gasteiger partial charge on any atom is 0.254 e. The molecule has 1 N–H and O–H groups in total. The summed E-state index contributed by atoms with van der Waals surface area (Å²) in [6.07, 6.45) is 1.83. The van der Waals surface area contributed by atoms with Crippen LogP contribution in [0, 0.1) is 24.7 Å². The van der Waals surface area contributed by atoms with E-state index in [9.17, 15) is 24.3 Å². The van der Waals surface area contributed by atoms with E-state index >= 15 is 0 Å². The highest BCUT2D eigenvalue weighted by atomic mass is 79.9. The van der Waals surface area contributed by atoms with E-state index in [1.807, 2.05) is 13.0 Å². The van der Waals surface area contributed by atoms with E-state index in [4.69, 9.17) is 44.3 Å². The number of amides is 4. The number of carbonyl (C=O) groups excluding carboxylic acids is 4. The van der Waals surface area contributed by atoms with Crippen LogP contribution in [0.3, 0.4) is 0 Å². The number of anilines is 1. The fraction of sp³-hybridized carbons (Fsp3) is 0.400. The van der Waals surface area contributed by atoms with E-state index in [0.29, 0.717) is 16.3 Å². The number of alkyl halides is 3. The second kappa shape index (κ2) is 10.4. The molecule has 2 aliphatic carbocycles. The summed E-state index contributed by atoms with van der Waals surface area (Å²) < 4.78 is 11.3. The number of rotatable bonds is 5. The molecule has 2 heterocycles. The molecule has 43 heavy (non-hydrogen) atoms. The molecule has 2 aliphatic heterocycles. The molecular formula is C30H26BrCl3N2O7. The molecule has 0 radical (unpaired) electrons. The number of benzene rings is 2. The molecule has 13 heteroatoms. The predicted molar refractivity (Wildman–Crippen MR) is 163 cm³/mol. The third-order valence-electron chi connectivity index (χ3n) is 9.25. The number of methoxy groups -OCH3 is 2. The van der Waals surface area contributed by atoms with Crippen molar-refractivity contribution in [3.63, 3.8) is 0 Å². The van der Waals surface area contributed by atoms with Gasteiger partial charge in [-0.3, -0.25) is 24.1 Å². The zero-order valence-corrected chi connectivity index (χ0v) is 27.1. The third kappa shape index (κ3) is 3.95. The lowest BCUT2D eigenvalue weighted by Gasteiger charge is -2.51. The number of hydrogen-bond acceptors (Lipinski definition) is 7. The van der Waals surface area contributed by atoms with Gasteiger partial charge in [-0.05, 0) is 43.4 Å². The molecule has 0 spiro atoms. The minimum Gasteiger partial charge on any atom is -0.508 e. The Morgan fingerprint density at radius 3 is 2.23 bits per heavy atom. The lowest BCUT2D eigenvalue weighted by Crippen LogP contribution is -2.60. The van der Waals surface area contributed by atoms with Crippen molar-refractivity contribution in [2.75, 3.05) is 24.6 Å². The van der Waals surface area contributed by atoms with Gasteiger partial charge in [-0.2, -0.15) is 0 Å². The van der Waals surface area contributed by atoms with Crippen LogP contribution in [0.5, 0.6) is 17.2 Å². The Labute approximate surface area is 270 Å². The van der Waals surface area contributed by atoms with Crippen molar-refractivity contribution in [3.8, 4) is 17.2 Å². The SMILES string of the molecule is COc1cc(O)cc(OC)c1[C@H]1C2=CC[C@@H]3C(=O)N(c4ccc(C)c(Cl)c4)C(=O)[C@@H]3[C@@H]2C[C@@]2(Cl)C(=O)N(CBr)C(=O)[C@@]12Cl. The van der Waals surface area contributed by atoms with Crippen molar-refractivity contribution in [1.29, 1.82) is 0 Å². The zero-order valence-electron chi connectivity index (χ0n) is 23.2. The van der Waals surface area contributed by atoms with Gasteiger partial charge in [0.25, 0.3) is 11.8 Å². The van der Waals surface area contributed by atoms with Crippen LogP contribution in [0.2, 0.25) is 5.02 Å². The first-order chi connectivity index (χ1) is 20.3. The van der Waals surface area contributed by atoms with Gasteiger partial charge in [0.15, 0.2) is 9.75 Å². The number of aromatic hydroxyl groups is 1. The molecule has 6 rings (SSSR count). The number of ether oxygens (including phenoxy) is 2. The van der Waals surface area contributed by atoms with E-state index in [1.165, 1.54) is 26.4 Å². The molecule has 0 bridgehead atoms. The highest BCUT2D eigenvalue weighted by Crippen LogP contribution is 2.67. The topological polar surface area (TPSA) is 113 Å². The summed E-state index contributed by atoms with van der Waals surface area (Å²) in [6.45, 7) is 1.82. The zero-order chi connectivity index (χ0) is 31.2. The van der Waals surface area contributed by atoms with Crippen molar-refractivity contribution in [2.45, 2.75) is 35.4 Å². The Bertz CT molecular complexity index is 1620. The van der Waals surface area contributed by atoms with Crippen LogP contribution in [0.25, 0.3) is 0 Å². The highest BCUT2D eigenvalue weighted by Gasteiger charge is 2.76. The quantitative estimate of drug-likeness (QED) is 0.194. The van der Waals surface area contributed by atoms with Crippen LogP contribution in [0.1, 0.15) is 29.9 Å². The van der Waals surface area contributed by atoms with Gasteiger partial charge >= 0.3 is 0 Å². The number of phenolic OH excluding ortho intramolecular Hbond substituents is 1. The number of phenols is 1. The average Bonchev–Trinajstić information content (AvgIpc) is 3.32. The summed E-state index contributed by atoms with van der Waals surface area (Å²) in [5.41, 5.74) is 1.84. The second-order valence-electron chi connectivity index (χ2n) is 11.2. The van der Waals surface area contributed by atoms with Crippen LogP contribution in [-0.4, -0.2) is 63.1 Å². The number of nitrogens with zero attached hydrogens (tertiary/aromatic N) is 2. The van der Waals surface area contributed by atoms with Crippen molar-refractivity contribution in [3.05, 3.63) is 58.1 Å². The average molecular weight is 713 g/mol. The summed E-state index contributed by atoms with van der Waals surface area (Å²) in [5, 5.41) is 10.8. The van der Waals surface area contributed by atoms with E-state index < -0.39 is 51.1 Å². The molecule has 4 amide bonds. The van der Waals surface area contributed by atoms with Gasteiger partial charge in [-0.1, -0.05) is 45.2 Å². The number of halogens is 4. The van der Waals surface area contributed by atoms with Gasteiger partial charge in [0.05, 0.1) is 37.2 Å². The Kier molecular flexibility index (Phi) is 7.31. The number of likely N-dealkylation sites (tertiary alicyclic amines) is 1. The molecule has 2 saturated heterocycles. The van der Waals surface area contributed by atoms with Gasteiger partial charge < -0.3 is 14.6 Å². The lowest BCUT2D eigenvalue weighted by molar-refractivity contribution is -0.138. The van der Waals surface area contributed by atoms with Crippen LogP contribution in [0.4, 0.5) is 5.69 Å². The maximum absolute atomic E-state index is 14.2. The van der Waals surface area contributed by atoms with E-state index in [2.05, 4.69) is 15.9 Å². The van der Waals surface area contributed by atoms with Gasteiger partial charge in [0.2, 0.25) is 11.8 Å². The van der Waals surface area contributed by atoms with E-state index in [0.717, 1.165) is 15.4 Å². The smallest absolute Gasteiger partial charge is 0.254 e. The fourth-order valence-electron chi connectivity index (χ4n) is 7.26. The normalized spacial score (nSPS) is 31.6. The molecule has 6 atom stereocenters. The third-order valence-corrected chi connectivity index (χ3v) is 11.6. The standard InChI is InChI=1S/C30H26BrCl3N2O7/c1-13-4-5-14(8-19(13)32)36-25(38)17-7-6-16-18(22(17)26(36)39)11-29(33)27(40)35(12-31)28(41)30(29,34)24(16)23-20(42-2)9-15(37)10-21(23)43-3/h4-6,8-10,17-18,22,24,37H,7,11-12H2,1-3H3/t17-,18+,22-,24+,29+,30-/m0/s1. The van der Waals surface area contributed by atoms with E-state index in [1.54, 1.807) is 18.2 Å². The maximum atomic E-state index is 14.2. The molecule has 4 aliphatic rings. The number of aryl methyl sites for hydroxylation is 1. The van der Waals surface area contributed by atoms with Gasteiger partial charge in [0.1, 0.15) is 17.2 Å². The summed E-state index contributed by atoms with van der Waals surface area (Å²) in [5.74, 6) is -5.63. The van der Waals surface area contributed by atoms with Crippen LogP contribution in [-0.2, 0) is 19.2 Å². The van der Waals surface area contributed by atoms with Crippen molar-refractivity contribution < 1.29 is 33.8 Å². The molecule has 9 nitrogen and oxygen atoms in total. The number of allylic oxidation sites excluding steroid dienone is 2. The molecule has 0 aromatic heterocycles.